The topological polar surface area (TPSA) is 50.4 Å². The summed E-state index contributed by atoms with van der Waals surface area (Å²) in [5.74, 6) is 0.788. The van der Waals surface area contributed by atoms with E-state index in [0.29, 0.717) is 31.0 Å². The lowest BCUT2D eigenvalue weighted by Gasteiger charge is -2.55. The minimum Gasteiger partial charge on any atom is -0.377 e. The van der Waals surface area contributed by atoms with E-state index < -0.39 is 0 Å². The number of hydrogen-bond donors (Lipinski definition) is 2. The highest BCUT2D eigenvalue weighted by molar-refractivity contribution is 5.75. The van der Waals surface area contributed by atoms with E-state index in [0.717, 1.165) is 19.6 Å². The van der Waals surface area contributed by atoms with Crippen LogP contribution in [0, 0.1) is 11.3 Å². The van der Waals surface area contributed by atoms with Crippen molar-refractivity contribution < 1.29 is 9.53 Å². The van der Waals surface area contributed by atoms with Gasteiger partial charge in [-0.2, -0.15) is 0 Å². The second kappa shape index (κ2) is 4.94. The van der Waals surface area contributed by atoms with Gasteiger partial charge < -0.3 is 15.4 Å². The molecule has 4 heteroatoms. The van der Waals surface area contributed by atoms with Gasteiger partial charge in [0.25, 0.3) is 0 Å². The molecule has 0 bridgehead atoms. The van der Waals surface area contributed by atoms with Crippen LogP contribution in [0.15, 0.2) is 0 Å². The third-order valence-corrected chi connectivity index (χ3v) is 4.19. The van der Waals surface area contributed by atoms with E-state index in [4.69, 9.17) is 4.74 Å². The standard InChI is InChI=1S/C13H24N2O2/c1-4-14-10(16)5-7-15-11-9-6-8-17-12(9)13(11,2)3/h9,11-12,15H,4-8H2,1-3H3,(H,14,16). The Kier molecular flexibility index (Phi) is 3.73. The summed E-state index contributed by atoms with van der Waals surface area (Å²) >= 11 is 0. The van der Waals surface area contributed by atoms with Crippen molar-refractivity contribution in [3.63, 3.8) is 0 Å². The van der Waals surface area contributed by atoms with Gasteiger partial charge in [0.2, 0.25) is 5.91 Å². The van der Waals surface area contributed by atoms with Crippen LogP contribution >= 0.6 is 0 Å². The van der Waals surface area contributed by atoms with E-state index in [-0.39, 0.29) is 11.3 Å². The smallest absolute Gasteiger partial charge is 0.221 e. The van der Waals surface area contributed by atoms with E-state index >= 15 is 0 Å². The molecule has 0 spiro atoms. The second-order valence-corrected chi connectivity index (χ2v) is 5.70. The molecule has 3 unspecified atom stereocenters. The fourth-order valence-corrected chi connectivity index (χ4v) is 3.37. The lowest BCUT2D eigenvalue weighted by Crippen LogP contribution is -2.66. The molecule has 0 aromatic heterocycles. The molecule has 3 atom stereocenters. The molecule has 17 heavy (non-hydrogen) atoms. The van der Waals surface area contributed by atoms with Crippen molar-refractivity contribution in [3.05, 3.63) is 0 Å². The van der Waals surface area contributed by atoms with Gasteiger partial charge >= 0.3 is 0 Å². The van der Waals surface area contributed by atoms with Crippen LogP contribution in [0.2, 0.25) is 0 Å². The number of rotatable bonds is 5. The summed E-state index contributed by atoms with van der Waals surface area (Å²) < 4.78 is 5.74. The second-order valence-electron chi connectivity index (χ2n) is 5.70. The minimum atomic E-state index is 0.136. The van der Waals surface area contributed by atoms with Crippen molar-refractivity contribution in [1.29, 1.82) is 0 Å². The van der Waals surface area contributed by atoms with Crippen molar-refractivity contribution in [2.45, 2.75) is 45.8 Å². The van der Waals surface area contributed by atoms with Crippen LogP contribution in [-0.4, -0.2) is 37.7 Å². The highest BCUT2D eigenvalue weighted by Crippen LogP contribution is 2.51. The molecular formula is C13H24N2O2. The fourth-order valence-electron chi connectivity index (χ4n) is 3.37. The van der Waals surface area contributed by atoms with E-state index in [9.17, 15) is 4.79 Å². The Hall–Kier alpha value is -0.610. The Bertz CT molecular complexity index is 291. The number of nitrogens with one attached hydrogen (secondary N) is 2. The fraction of sp³-hybridized carbons (Fsp3) is 0.923. The van der Waals surface area contributed by atoms with E-state index in [1.54, 1.807) is 0 Å². The first kappa shape index (κ1) is 12.8. The van der Waals surface area contributed by atoms with Crippen LogP contribution in [0.4, 0.5) is 0 Å². The number of amides is 1. The molecule has 2 rings (SSSR count). The summed E-state index contributed by atoms with van der Waals surface area (Å²) in [7, 11) is 0. The highest BCUT2D eigenvalue weighted by Gasteiger charge is 2.58. The summed E-state index contributed by atoms with van der Waals surface area (Å²) in [6.07, 6.45) is 2.15. The zero-order chi connectivity index (χ0) is 12.5. The molecule has 2 aliphatic rings. The summed E-state index contributed by atoms with van der Waals surface area (Å²) in [6, 6.07) is 0.504. The Morgan fingerprint density at radius 3 is 2.94 bits per heavy atom. The third-order valence-electron chi connectivity index (χ3n) is 4.19. The summed E-state index contributed by atoms with van der Waals surface area (Å²) in [5, 5.41) is 6.35. The summed E-state index contributed by atoms with van der Waals surface area (Å²) in [4.78, 5) is 11.3. The zero-order valence-corrected chi connectivity index (χ0v) is 11.1. The molecule has 0 aromatic rings. The SMILES string of the molecule is CCNC(=O)CCNC1C2CCOC2C1(C)C. The highest BCUT2D eigenvalue weighted by atomic mass is 16.5. The molecular weight excluding hydrogens is 216 g/mol. The largest absolute Gasteiger partial charge is 0.377 e. The van der Waals surface area contributed by atoms with E-state index in [2.05, 4.69) is 24.5 Å². The van der Waals surface area contributed by atoms with Crippen LogP contribution in [0.5, 0.6) is 0 Å². The maximum absolute atomic E-state index is 11.3. The monoisotopic (exact) mass is 240 g/mol. The lowest BCUT2D eigenvalue weighted by molar-refractivity contribution is -0.122. The summed E-state index contributed by atoms with van der Waals surface area (Å²) in [5.41, 5.74) is 0.211. The molecule has 2 fully saturated rings. The maximum atomic E-state index is 11.3. The van der Waals surface area contributed by atoms with Crippen LogP contribution in [-0.2, 0) is 9.53 Å². The molecule has 98 valence electrons. The molecule has 1 saturated heterocycles. The van der Waals surface area contributed by atoms with Crippen molar-refractivity contribution in [1.82, 2.24) is 10.6 Å². The van der Waals surface area contributed by atoms with Crippen LogP contribution in [0.25, 0.3) is 0 Å². The zero-order valence-electron chi connectivity index (χ0n) is 11.1. The number of carbonyl (C=O) groups is 1. The average Bonchev–Trinajstić information content (AvgIpc) is 2.71. The molecule has 1 aliphatic carbocycles. The van der Waals surface area contributed by atoms with Gasteiger partial charge in [0.05, 0.1) is 6.10 Å². The molecule has 1 aliphatic heterocycles. The first-order valence-corrected chi connectivity index (χ1v) is 6.69. The van der Waals surface area contributed by atoms with Gasteiger partial charge in [0.15, 0.2) is 0 Å². The Balaban J connectivity index is 1.74. The molecule has 0 aromatic carbocycles. The molecule has 4 nitrogen and oxygen atoms in total. The predicted molar refractivity (Wildman–Crippen MR) is 66.7 cm³/mol. The minimum absolute atomic E-state index is 0.136. The lowest BCUT2D eigenvalue weighted by atomic mass is 9.57. The van der Waals surface area contributed by atoms with E-state index in [1.807, 2.05) is 6.92 Å². The molecule has 0 radical (unpaired) electrons. The third kappa shape index (κ3) is 2.33. The van der Waals surface area contributed by atoms with Crippen LogP contribution < -0.4 is 10.6 Å². The van der Waals surface area contributed by atoms with Crippen molar-refractivity contribution in [3.8, 4) is 0 Å². The van der Waals surface area contributed by atoms with E-state index in [1.165, 1.54) is 0 Å². The summed E-state index contributed by atoms with van der Waals surface area (Å²) in [6.45, 7) is 8.83. The number of carbonyl (C=O) groups excluding carboxylic acids is 1. The number of ether oxygens (including phenoxy) is 1. The average molecular weight is 240 g/mol. The van der Waals surface area contributed by atoms with Gasteiger partial charge in [-0.1, -0.05) is 13.8 Å². The Labute approximate surface area is 103 Å². The van der Waals surface area contributed by atoms with Crippen LogP contribution in [0.3, 0.4) is 0 Å². The van der Waals surface area contributed by atoms with Gasteiger partial charge in [0.1, 0.15) is 0 Å². The number of hydrogen-bond acceptors (Lipinski definition) is 3. The van der Waals surface area contributed by atoms with Crippen LogP contribution in [0.1, 0.15) is 33.6 Å². The quantitative estimate of drug-likeness (QED) is 0.751. The first-order valence-electron chi connectivity index (χ1n) is 6.69. The van der Waals surface area contributed by atoms with Gasteiger partial charge in [-0.25, -0.2) is 0 Å². The molecule has 2 N–H and O–H groups in total. The van der Waals surface area contributed by atoms with Crippen molar-refractivity contribution >= 4 is 5.91 Å². The first-order chi connectivity index (χ1) is 8.07. The molecule has 1 amide bonds. The predicted octanol–water partition coefficient (Wildman–Crippen LogP) is 0.916. The molecule has 1 saturated carbocycles. The Morgan fingerprint density at radius 1 is 1.47 bits per heavy atom. The normalized spacial score (nSPS) is 33.9. The number of fused-ring (bicyclic) bond motifs is 1. The Morgan fingerprint density at radius 2 is 2.24 bits per heavy atom. The van der Waals surface area contributed by atoms with Gasteiger partial charge in [0, 0.05) is 43.5 Å². The van der Waals surface area contributed by atoms with Gasteiger partial charge in [-0.15, -0.1) is 0 Å². The van der Waals surface area contributed by atoms with Gasteiger partial charge in [-0.3, -0.25) is 4.79 Å². The van der Waals surface area contributed by atoms with Crippen molar-refractivity contribution in [2.24, 2.45) is 11.3 Å². The van der Waals surface area contributed by atoms with Crippen molar-refractivity contribution in [2.75, 3.05) is 19.7 Å². The van der Waals surface area contributed by atoms with Gasteiger partial charge in [-0.05, 0) is 13.3 Å². The maximum Gasteiger partial charge on any atom is 0.221 e. The molecule has 1 heterocycles.